The van der Waals surface area contributed by atoms with Crippen LogP contribution in [0.1, 0.15) is 362 Å². The van der Waals surface area contributed by atoms with E-state index >= 15 is 0 Å². The van der Waals surface area contributed by atoms with Crippen molar-refractivity contribution >= 4 is 39.5 Å². The zero-order valence-corrected chi connectivity index (χ0v) is 59.4. The molecule has 0 radical (unpaired) electrons. The van der Waals surface area contributed by atoms with E-state index in [1.807, 2.05) is 0 Å². The van der Waals surface area contributed by atoms with E-state index in [2.05, 4.69) is 34.6 Å². The van der Waals surface area contributed by atoms with Crippen molar-refractivity contribution in [1.29, 1.82) is 0 Å². The molecule has 0 aromatic rings. The second-order valence-electron chi connectivity index (χ2n) is 25.7. The van der Waals surface area contributed by atoms with Gasteiger partial charge in [0.15, 0.2) is 12.2 Å². The van der Waals surface area contributed by atoms with E-state index in [0.29, 0.717) is 25.7 Å². The van der Waals surface area contributed by atoms with Gasteiger partial charge in [-0.15, -0.1) is 0 Å². The van der Waals surface area contributed by atoms with Gasteiger partial charge in [0.1, 0.15) is 19.3 Å². The number of phosphoric acid groups is 2. The fraction of sp³-hybridized carbons (Fsp3) is 0.943. The first-order chi connectivity index (χ1) is 43.0. The second kappa shape index (κ2) is 63.5. The summed E-state index contributed by atoms with van der Waals surface area (Å²) in [5.74, 6) is -1.34. The molecule has 0 heterocycles. The lowest BCUT2D eigenvalue weighted by Crippen LogP contribution is -2.30. The van der Waals surface area contributed by atoms with E-state index < -0.39 is 97.5 Å². The fourth-order valence-corrected chi connectivity index (χ4v) is 12.2. The summed E-state index contributed by atoms with van der Waals surface area (Å²) in [7, 11) is -9.89. The summed E-state index contributed by atoms with van der Waals surface area (Å²) < 4.78 is 68.1. The summed E-state index contributed by atoms with van der Waals surface area (Å²) in [5.41, 5.74) is 0. The van der Waals surface area contributed by atoms with Crippen LogP contribution in [0.2, 0.25) is 0 Å². The molecule has 0 saturated heterocycles. The average Bonchev–Trinajstić information content (AvgIpc) is 3.72. The summed E-state index contributed by atoms with van der Waals surface area (Å²) in [4.78, 5) is 72.3. The van der Waals surface area contributed by atoms with Gasteiger partial charge >= 0.3 is 39.5 Å². The van der Waals surface area contributed by atoms with Crippen molar-refractivity contribution in [3.05, 3.63) is 0 Å². The molecule has 89 heavy (non-hydrogen) atoms. The third-order valence-electron chi connectivity index (χ3n) is 16.3. The Bertz CT molecular complexity index is 1720. The smallest absolute Gasteiger partial charge is 0.462 e. The quantitative estimate of drug-likeness (QED) is 0.0222. The largest absolute Gasteiger partial charge is 0.472 e. The first-order valence-corrected chi connectivity index (χ1v) is 39.6. The number of carbonyl (C=O) groups excluding carboxylic acids is 4. The molecule has 0 fully saturated rings. The minimum atomic E-state index is -4.95. The maximum atomic E-state index is 13.0. The molecule has 19 heteroatoms. The number of ether oxygens (including phenoxy) is 4. The van der Waals surface area contributed by atoms with Crippen molar-refractivity contribution in [1.82, 2.24) is 0 Å². The normalized spacial score (nSPS) is 14.1. The van der Waals surface area contributed by atoms with Crippen LogP contribution in [0.4, 0.5) is 0 Å². The lowest BCUT2D eigenvalue weighted by molar-refractivity contribution is -0.161. The molecule has 0 aromatic carbocycles. The molecule has 0 aromatic heterocycles. The summed E-state index contributed by atoms with van der Waals surface area (Å²) >= 11 is 0. The monoisotopic (exact) mass is 1310 g/mol. The summed E-state index contributed by atoms with van der Waals surface area (Å²) in [5, 5.41) is 10.6. The van der Waals surface area contributed by atoms with Gasteiger partial charge in [-0.25, -0.2) is 9.13 Å². The third-order valence-corrected chi connectivity index (χ3v) is 18.2. The minimum Gasteiger partial charge on any atom is -0.462 e. The number of aliphatic hydroxyl groups excluding tert-OH is 1. The number of phosphoric ester groups is 2. The highest BCUT2D eigenvalue weighted by Crippen LogP contribution is 2.45. The van der Waals surface area contributed by atoms with Crippen molar-refractivity contribution in [2.45, 2.75) is 380 Å². The van der Waals surface area contributed by atoms with Crippen LogP contribution in [-0.2, 0) is 65.4 Å². The number of unbranched alkanes of at least 4 members (excludes halogenated alkanes) is 42. The van der Waals surface area contributed by atoms with Crippen LogP contribution < -0.4 is 0 Å². The molecule has 5 atom stereocenters. The number of rotatable bonds is 70. The van der Waals surface area contributed by atoms with E-state index in [9.17, 15) is 43.2 Å². The van der Waals surface area contributed by atoms with Gasteiger partial charge in [0, 0.05) is 25.7 Å². The molecule has 528 valence electrons. The Labute approximate surface area is 543 Å². The van der Waals surface area contributed by atoms with Crippen LogP contribution in [0.3, 0.4) is 0 Å². The lowest BCUT2D eigenvalue weighted by Gasteiger charge is -2.21. The first-order valence-electron chi connectivity index (χ1n) is 36.6. The van der Waals surface area contributed by atoms with Gasteiger partial charge in [0.05, 0.1) is 26.4 Å². The van der Waals surface area contributed by atoms with Crippen molar-refractivity contribution in [3.8, 4) is 0 Å². The Morgan fingerprint density at radius 2 is 0.517 bits per heavy atom. The average molecular weight is 1310 g/mol. The van der Waals surface area contributed by atoms with Crippen molar-refractivity contribution < 1.29 is 80.2 Å². The lowest BCUT2D eigenvalue weighted by atomic mass is 10.0. The Morgan fingerprint density at radius 3 is 0.764 bits per heavy atom. The van der Waals surface area contributed by atoms with Crippen molar-refractivity contribution in [2.24, 2.45) is 5.92 Å². The standard InChI is InChI=1S/C70H136O17P2/c1-6-9-12-15-17-19-21-22-23-24-25-28-33-37-41-46-51-56-70(75)87-66(60-81-68(73)54-49-44-39-35-32-29-26-27-31-34-38-43-47-52-63(4)5)62-85-89(78,79)83-58-64(71)57-82-88(76,77)84-61-65(59-80-67(72)53-48-42-14-11-8-3)86-69(74)55-50-45-40-36-30-20-18-16-13-10-7-2/h63-66,71H,6-62H2,1-5H3,(H,76,77)(H,78,79)/t64-,65+,66+/m0/s1. The Kier molecular flexibility index (Phi) is 62.1. The van der Waals surface area contributed by atoms with Crippen LogP contribution in [-0.4, -0.2) is 96.7 Å². The van der Waals surface area contributed by atoms with Gasteiger partial charge in [-0.3, -0.25) is 37.3 Å². The Morgan fingerprint density at radius 1 is 0.303 bits per heavy atom. The molecule has 0 aliphatic rings. The fourth-order valence-electron chi connectivity index (χ4n) is 10.6. The highest BCUT2D eigenvalue weighted by atomic mass is 31.2. The molecular formula is C70H136O17P2. The van der Waals surface area contributed by atoms with Gasteiger partial charge < -0.3 is 33.8 Å². The highest BCUT2D eigenvalue weighted by molar-refractivity contribution is 7.47. The van der Waals surface area contributed by atoms with Crippen LogP contribution in [0, 0.1) is 5.92 Å². The number of carbonyl (C=O) groups is 4. The van der Waals surface area contributed by atoms with Crippen LogP contribution in [0.25, 0.3) is 0 Å². The predicted octanol–water partition coefficient (Wildman–Crippen LogP) is 20.1. The molecule has 17 nitrogen and oxygen atoms in total. The number of hydrogen-bond donors (Lipinski definition) is 3. The third kappa shape index (κ3) is 64.6. The van der Waals surface area contributed by atoms with Gasteiger partial charge in [-0.05, 0) is 31.6 Å². The molecule has 0 rings (SSSR count). The van der Waals surface area contributed by atoms with E-state index in [1.165, 1.54) is 180 Å². The van der Waals surface area contributed by atoms with Gasteiger partial charge in [-0.1, -0.05) is 311 Å². The molecule has 3 N–H and O–H groups in total. The number of aliphatic hydroxyl groups is 1. The van der Waals surface area contributed by atoms with E-state index in [0.717, 1.165) is 102 Å². The maximum Gasteiger partial charge on any atom is 0.472 e. The molecule has 0 aliphatic heterocycles. The first kappa shape index (κ1) is 87.1. The zero-order chi connectivity index (χ0) is 65.6. The zero-order valence-electron chi connectivity index (χ0n) is 57.6. The summed E-state index contributed by atoms with van der Waals surface area (Å²) in [6.45, 7) is 7.18. The minimum absolute atomic E-state index is 0.106. The molecule has 0 amide bonds. The van der Waals surface area contributed by atoms with E-state index in [4.69, 9.17) is 37.0 Å². The second-order valence-corrected chi connectivity index (χ2v) is 28.7. The number of hydrogen-bond acceptors (Lipinski definition) is 15. The molecule has 2 unspecified atom stereocenters. The summed E-state index contributed by atoms with van der Waals surface area (Å²) in [6.07, 6.45) is 50.3. The molecule has 0 spiro atoms. The van der Waals surface area contributed by atoms with E-state index in [-0.39, 0.29) is 25.7 Å². The van der Waals surface area contributed by atoms with Gasteiger partial charge in [0.25, 0.3) is 0 Å². The van der Waals surface area contributed by atoms with Crippen LogP contribution in [0.15, 0.2) is 0 Å². The number of esters is 4. The van der Waals surface area contributed by atoms with Crippen molar-refractivity contribution in [3.63, 3.8) is 0 Å². The van der Waals surface area contributed by atoms with Gasteiger partial charge in [0.2, 0.25) is 0 Å². The Hall–Kier alpha value is -1.94. The van der Waals surface area contributed by atoms with E-state index in [1.54, 1.807) is 0 Å². The van der Waals surface area contributed by atoms with Crippen LogP contribution in [0.5, 0.6) is 0 Å². The molecule has 0 bridgehead atoms. The predicted molar refractivity (Wildman–Crippen MR) is 358 cm³/mol. The highest BCUT2D eigenvalue weighted by Gasteiger charge is 2.30. The SMILES string of the molecule is CCCCCCCCCCCCCCCCCCCC(=O)O[C@H](COC(=O)CCCCCCCCCCCCCCCC(C)C)COP(=O)(O)OC[C@@H](O)COP(=O)(O)OC[C@@H](COC(=O)CCCCCCC)OC(=O)CCCCCCCCCCCCC. The summed E-state index contributed by atoms with van der Waals surface area (Å²) in [6, 6.07) is 0. The van der Waals surface area contributed by atoms with Gasteiger partial charge in [-0.2, -0.15) is 0 Å². The molecule has 0 aliphatic carbocycles. The van der Waals surface area contributed by atoms with Crippen molar-refractivity contribution in [2.75, 3.05) is 39.6 Å². The maximum absolute atomic E-state index is 13.0. The molecule has 0 saturated carbocycles. The molecular weight excluding hydrogens is 1170 g/mol. The van der Waals surface area contributed by atoms with Crippen LogP contribution >= 0.6 is 15.6 Å². The Balaban J connectivity index is 5.15. The topological polar surface area (TPSA) is 237 Å².